The average Bonchev–Trinajstić information content (AvgIpc) is 3.14. The topological polar surface area (TPSA) is 70.9 Å². The average molecular weight is 325 g/mol. The number of aliphatic hydroxyl groups is 1. The van der Waals surface area contributed by atoms with Crippen LogP contribution in [0.4, 0.5) is 8.78 Å². The Hall–Kier alpha value is -2.02. The molecule has 0 saturated carbocycles. The Morgan fingerprint density at radius 3 is 2.65 bits per heavy atom. The molecule has 0 radical (unpaired) electrons. The summed E-state index contributed by atoms with van der Waals surface area (Å²) in [5, 5.41) is 14.5. The fraction of sp³-hybridized carbons (Fsp3) is 0.500. The van der Waals surface area contributed by atoms with Gasteiger partial charge in [-0.1, -0.05) is 0 Å². The third-order valence-electron chi connectivity index (χ3n) is 4.69. The van der Waals surface area contributed by atoms with Gasteiger partial charge in [0.15, 0.2) is 0 Å². The molecular weight excluding hydrogens is 304 g/mol. The number of carbonyl (C=O) groups excluding carboxylic acids is 1. The number of rotatable bonds is 7. The zero-order valence-electron chi connectivity index (χ0n) is 13.4. The standard InChI is InChI=1S/C16H21F2N3O2/c1-11(22)15(2,16(3,23)14(17)18)6-9-21-8-5-13(20-21)12-4-7-19-10-12/h4-5,7-8,10,14,19,23H,6,9H2,1-3H3. The van der Waals surface area contributed by atoms with Gasteiger partial charge >= 0.3 is 0 Å². The van der Waals surface area contributed by atoms with Crippen molar-refractivity contribution in [1.82, 2.24) is 14.8 Å². The minimum atomic E-state index is -3.01. The van der Waals surface area contributed by atoms with Crippen molar-refractivity contribution in [2.45, 2.75) is 45.8 Å². The van der Waals surface area contributed by atoms with Crippen molar-refractivity contribution in [2.24, 2.45) is 5.41 Å². The van der Waals surface area contributed by atoms with E-state index in [0.717, 1.165) is 18.2 Å². The third-order valence-corrected chi connectivity index (χ3v) is 4.69. The quantitative estimate of drug-likeness (QED) is 0.822. The zero-order valence-corrected chi connectivity index (χ0v) is 13.4. The van der Waals surface area contributed by atoms with Crippen molar-refractivity contribution in [3.63, 3.8) is 0 Å². The van der Waals surface area contributed by atoms with Gasteiger partial charge in [-0.3, -0.25) is 9.48 Å². The highest BCUT2D eigenvalue weighted by Crippen LogP contribution is 2.40. The lowest BCUT2D eigenvalue weighted by atomic mass is 9.69. The Kier molecular flexibility index (Phi) is 4.70. The summed E-state index contributed by atoms with van der Waals surface area (Å²) in [7, 11) is 0. The minimum absolute atomic E-state index is 0.0634. The lowest BCUT2D eigenvalue weighted by Crippen LogP contribution is -2.53. The summed E-state index contributed by atoms with van der Waals surface area (Å²) in [5.74, 6) is -0.471. The first-order chi connectivity index (χ1) is 10.7. The number of aromatic nitrogens is 3. The summed E-state index contributed by atoms with van der Waals surface area (Å²) in [4.78, 5) is 14.8. The van der Waals surface area contributed by atoms with Gasteiger partial charge < -0.3 is 10.1 Å². The summed E-state index contributed by atoms with van der Waals surface area (Å²) in [5.41, 5.74) is -2.29. The number of aromatic amines is 1. The van der Waals surface area contributed by atoms with E-state index in [0.29, 0.717) is 0 Å². The maximum Gasteiger partial charge on any atom is 0.267 e. The van der Waals surface area contributed by atoms with Gasteiger partial charge in [0.25, 0.3) is 6.43 Å². The molecule has 7 heteroatoms. The summed E-state index contributed by atoms with van der Waals surface area (Å²) < 4.78 is 27.9. The molecule has 0 spiro atoms. The summed E-state index contributed by atoms with van der Waals surface area (Å²) >= 11 is 0. The molecule has 2 aromatic rings. The molecule has 2 atom stereocenters. The molecule has 2 unspecified atom stereocenters. The molecule has 0 aliphatic carbocycles. The number of H-pyrrole nitrogens is 1. The van der Waals surface area contributed by atoms with Crippen LogP contribution in [0.3, 0.4) is 0 Å². The van der Waals surface area contributed by atoms with Gasteiger partial charge in [0.05, 0.1) is 11.1 Å². The molecule has 126 valence electrons. The molecule has 0 amide bonds. The van der Waals surface area contributed by atoms with E-state index in [2.05, 4.69) is 10.1 Å². The van der Waals surface area contributed by atoms with Gasteiger partial charge in [0, 0.05) is 30.7 Å². The minimum Gasteiger partial charge on any atom is -0.383 e. The number of hydrogen-bond acceptors (Lipinski definition) is 3. The summed E-state index contributed by atoms with van der Waals surface area (Å²) in [6.45, 7) is 3.86. The van der Waals surface area contributed by atoms with E-state index in [1.807, 2.05) is 6.07 Å². The third kappa shape index (κ3) is 3.19. The lowest BCUT2D eigenvalue weighted by Gasteiger charge is -2.40. The maximum absolute atomic E-state index is 13.2. The zero-order chi connectivity index (χ0) is 17.3. The molecule has 2 N–H and O–H groups in total. The SMILES string of the molecule is CC(=O)C(C)(CCn1ccc(-c2cc[nH]c2)n1)C(C)(O)C(F)F. The van der Waals surface area contributed by atoms with E-state index < -0.39 is 23.2 Å². The number of aryl methyl sites for hydroxylation is 1. The fourth-order valence-electron chi connectivity index (χ4n) is 2.49. The second kappa shape index (κ2) is 6.23. The van der Waals surface area contributed by atoms with Gasteiger partial charge in [0.2, 0.25) is 0 Å². The lowest BCUT2D eigenvalue weighted by molar-refractivity contribution is -0.174. The molecule has 0 aliphatic heterocycles. The van der Waals surface area contributed by atoms with Crippen LogP contribution in [-0.2, 0) is 11.3 Å². The van der Waals surface area contributed by atoms with Crippen LogP contribution in [0, 0.1) is 5.41 Å². The van der Waals surface area contributed by atoms with Gasteiger partial charge in [-0.15, -0.1) is 0 Å². The molecule has 2 heterocycles. The van der Waals surface area contributed by atoms with E-state index in [9.17, 15) is 18.7 Å². The molecule has 2 rings (SSSR count). The van der Waals surface area contributed by atoms with Crippen molar-refractivity contribution in [3.05, 3.63) is 30.7 Å². The van der Waals surface area contributed by atoms with Crippen LogP contribution >= 0.6 is 0 Å². The predicted octanol–water partition coefficient (Wildman–Crippen LogP) is 2.88. The number of hydrogen-bond donors (Lipinski definition) is 2. The maximum atomic E-state index is 13.2. The second-order valence-electron chi connectivity index (χ2n) is 6.15. The van der Waals surface area contributed by atoms with E-state index in [-0.39, 0.29) is 13.0 Å². The molecule has 5 nitrogen and oxygen atoms in total. The first-order valence-electron chi connectivity index (χ1n) is 7.36. The van der Waals surface area contributed by atoms with E-state index >= 15 is 0 Å². The summed E-state index contributed by atoms with van der Waals surface area (Å²) in [6, 6.07) is 3.67. The van der Waals surface area contributed by atoms with Gasteiger partial charge in [-0.05, 0) is 39.3 Å². The Morgan fingerprint density at radius 2 is 2.13 bits per heavy atom. The molecule has 0 aliphatic rings. The van der Waals surface area contributed by atoms with Crippen molar-refractivity contribution in [1.29, 1.82) is 0 Å². The molecule has 2 aromatic heterocycles. The van der Waals surface area contributed by atoms with Crippen LogP contribution < -0.4 is 0 Å². The van der Waals surface area contributed by atoms with Crippen LogP contribution in [0.15, 0.2) is 30.7 Å². The van der Waals surface area contributed by atoms with E-state index in [1.54, 1.807) is 29.3 Å². The van der Waals surface area contributed by atoms with Crippen molar-refractivity contribution < 1.29 is 18.7 Å². The van der Waals surface area contributed by atoms with Gasteiger partial charge in [-0.2, -0.15) is 5.10 Å². The Labute approximate surface area is 133 Å². The number of Topliss-reactive ketones (excluding diaryl/α,β-unsaturated/α-hetero) is 1. The van der Waals surface area contributed by atoms with Crippen LogP contribution in [0.2, 0.25) is 0 Å². The van der Waals surface area contributed by atoms with E-state index in [1.165, 1.54) is 13.8 Å². The van der Waals surface area contributed by atoms with Crippen LogP contribution in [-0.4, -0.2) is 37.7 Å². The number of alkyl halides is 2. The smallest absolute Gasteiger partial charge is 0.267 e. The number of ketones is 1. The number of carbonyl (C=O) groups is 1. The largest absolute Gasteiger partial charge is 0.383 e. The van der Waals surface area contributed by atoms with Crippen molar-refractivity contribution >= 4 is 5.78 Å². The van der Waals surface area contributed by atoms with Crippen molar-refractivity contribution in [3.8, 4) is 11.3 Å². The van der Waals surface area contributed by atoms with Crippen LogP contribution in [0.5, 0.6) is 0 Å². The first kappa shape index (κ1) is 17.3. The molecule has 0 aromatic carbocycles. The highest BCUT2D eigenvalue weighted by atomic mass is 19.3. The van der Waals surface area contributed by atoms with Crippen LogP contribution in [0.25, 0.3) is 11.3 Å². The number of nitrogens with one attached hydrogen (secondary N) is 1. The Bertz CT molecular complexity index is 665. The highest BCUT2D eigenvalue weighted by Gasteiger charge is 2.52. The van der Waals surface area contributed by atoms with Gasteiger partial charge in [0.1, 0.15) is 11.4 Å². The first-order valence-corrected chi connectivity index (χ1v) is 7.36. The highest BCUT2D eigenvalue weighted by molar-refractivity contribution is 5.83. The fourth-order valence-corrected chi connectivity index (χ4v) is 2.49. The van der Waals surface area contributed by atoms with Crippen molar-refractivity contribution in [2.75, 3.05) is 0 Å². The van der Waals surface area contributed by atoms with Crippen LogP contribution in [0.1, 0.15) is 27.2 Å². The molecule has 23 heavy (non-hydrogen) atoms. The number of halogens is 2. The molecule has 0 bridgehead atoms. The second-order valence-corrected chi connectivity index (χ2v) is 6.15. The molecule has 0 saturated heterocycles. The number of nitrogens with zero attached hydrogens (tertiary/aromatic N) is 2. The molecular formula is C16H21F2N3O2. The van der Waals surface area contributed by atoms with Gasteiger partial charge in [-0.25, -0.2) is 8.78 Å². The summed E-state index contributed by atoms with van der Waals surface area (Å²) in [6.07, 6.45) is 2.35. The Balaban J connectivity index is 2.15. The molecule has 0 fully saturated rings. The predicted molar refractivity (Wildman–Crippen MR) is 82.0 cm³/mol. The van der Waals surface area contributed by atoms with E-state index in [4.69, 9.17) is 0 Å². The normalized spacial score (nSPS) is 17.0. The Morgan fingerprint density at radius 1 is 1.43 bits per heavy atom. The monoisotopic (exact) mass is 325 g/mol.